The van der Waals surface area contributed by atoms with Gasteiger partial charge in [-0.1, -0.05) is 12.1 Å². The van der Waals surface area contributed by atoms with Crippen molar-refractivity contribution < 1.29 is 9.47 Å². The van der Waals surface area contributed by atoms with Crippen LogP contribution >= 0.6 is 0 Å². The molecular weight excluding hydrogens is 204 g/mol. The second kappa shape index (κ2) is 5.72. The maximum Gasteiger partial charge on any atom is 0.165 e. The second-order valence-corrected chi connectivity index (χ2v) is 3.72. The van der Waals surface area contributed by atoms with E-state index in [1.54, 1.807) is 0 Å². The van der Waals surface area contributed by atoms with Crippen LogP contribution in [0.3, 0.4) is 0 Å². The summed E-state index contributed by atoms with van der Waals surface area (Å²) in [6, 6.07) is 6.02. The Kier molecular flexibility index (Phi) is 4.02. The number of ether oxygens (including phenoxy) is 2. The second-order valence-electron chi connectivity index (χ2n) is 3.72. The number of benzene rings is 1. The molecule has 1 aromatic carbocycles. The van der Waals surface area contributed by atoms with Crippen LogP contribution in [0.4, 0.5) is 0 Å². The van der Waals surface area contributed by atoms with E-state index in [0.717, 1.165) is 36.7 Å². The summed E-state index contributed by atoms with van der Waals surface area (Å²) in [6.45, 7) is 4.01. The third-order valence-corrected chi connectivity index (χ3v) is 2.51. The fraction of sp³-hybridized carbons (Fsp3) is 0.500. The first-order valence-electron chi connectivity index (χ1n) is 5.64. The smallest absolute Gasteiger partial charge is 0.165 e. The molecule has 0 bridgehead atoms. The molecule has 0 aromatic heterocycles. The summed E-state index contributed by atoms with van der Waals surface area (Å²) >= 11 is 0. The van der Waals surface area contributed by atoms with E-state index >= 15 is 0 Å². The summed E-state index contributed by atoms with van der Waals surface area (Å²) in [5.74, 6) is 1.75. The summed E-state index contributed by atoms with van der Waals surface area (Å²) in [5.41, 5.74) is 1.16. The van der Waals surface area contributed by atoms with Gasteiger partial charge in [-0.3, -0.25) is 0 Å². The standard InChI is InChI=1S/C12H18N2O2/c1-13-5-6-14-9-10-3-2-4-11-12(10)16-8-7-15-11/h2-4,13-14H,5-9H2,1H3. The predicted octanol–water partition coefficient (Wildman–Crippen LogP) is 0.767. The lowest BCUT2D eigenvalue weighted by atomic mass is 10.1. The molecule has 0 atom stereocenters. The van der Waals surface area contributed by atoms with E-state index in [1.165, 1.54) is 0 Å². The molecule has 1 aliphatic rings. The number of likely N-dealkylation sites (N-methyl/N-ethyl adjacent to an activating group) is 1. The lowest BCUT2D eigenvalue weighted by Gasteiger charge is -2.21. The molecule has 2 rings (SSSR count). The van der Waals surface area contributed by atoms with Gasteiger partial charge in [0.25, 0.3) is 0 Å². The average Bonchev–Trinajstić information content (AvgIpc) is 2.35. The molecule has 4 nitrogen and oxygen atoms in total. The maximum atomic E-state index is 5.63. The Balaban J connectivity index is 1.97. The van der Waals surface area contributed by atoms with Crippen LogP contribution in [0.2, 0.25) is 0 Å². The van der Waals surface area contributed by atoms with Crippen LogP contribution in [-0.2, 0) is 6.54 Å². The largest absolute Gasteiger partial charge is 0.486 e. The van der Waals surface area contributed by atoms with Gasteiger partial charge in [0.2, 0.25) is 0 Å². The number of rotatable bonds is 5. The minimum atomic E-state index is 0.639. The molecule has 0 radical (unpaired) electrons. The number of para-hydroxylation sites is 1. The highest BCUT2D eigenvalue weighted by Gasteiger charge is 2.14. The molecular formula is C12H18N2O2. The van der Waals surface area contributed by atoms with Crippen molar-refractivity contribution in [1.29, 1.82) is 0 Å². The Hall–Kier alpha value is -1.26. The van der Waals surface area contributed by atoms with E-state index in [0.29, 0.717) is 13.2 Å². The Morgan fingerprint density at radius 3 is 2.94 bits per heavy atom. The highest BCUT2D eigenvalue weighted by molar-refractivity contribution is 5.47. The zero-order chi connectivity index (χ0) is 11.2. The zero-order valence-electron chi connectivity index (χ0n) is 9.58. The molecule has 1 aromatic rings. The van der Waals surface area contributed by atoms with Gasteiger partial charge in [-0.2, -0.15) is 0 Å². The van der Waals surface area contributed by atoms with Crippen LogP contribution in [0, 0.1) is 0 Å². The van der Waals surface area contributed by atoms with Crippen molar-refractivity contribution in [3.8, 4) is 11.5 Å². The molecule has 0 spiro atoms. The van der Waals surface area contributed by atoms with Gasteiger partial charge >= 0.3 is 0 Å². The van der Waals surface area contributed by atoms with Crippen molar-refractivity contribution in [2.24, 2.45) is 0 Å². The minimum absolute atomic E-state index is 0.639. The molecule has 4 heteroatoms. The molecule has 0 fully saturated rings. The highest BCUT2D eigenvalue weighted by atomic mass is 16.6. The lowest BCUT2D eigenvalue weighted by Crippen LogP contribution is -2.25. The molecule has 16 heavy (non-hydrogen) atoms. The van der Waals surface area contributed by atoms with Crippen molar-refractivity contribution in [2.45, 2.75) is 6.54 Å². The van der Waals surface area contributed by atoms with Crippen molar-refractivity contribution in [2.75, 3.05) is 33.4 Å². The summed E-state index contributed by atoms with van der Waals surface area (Å²) in [5, 5.41) is 6.45. The Morgan fingerprint density at radius 1 is 1.19 bits per heavy atom. The minimum Gasteiger partial charge on any atom is -0.486 e. The highest BCUT2D eigenvalue weighted by Crippen LogP contribution is 2.33. The van der Waals surface area contributed by atoms with E-state index in [2.05, 4.69) is 16.7 Å². The van der Waals surface area contributed by atoms with Crippen LogP contribution < -0.4 is 20.1 Å². The molecule has 88 valence electrons. The van der Waals surface area contributed by atoms with Gasteiger partial charge < -0.3 is 20.1 Å². The van der Waals surface area contributed by atoms with E-state index < -0.39 is 0 Å². The van der Waals surface area contributed by atoms with E-state index in [-0.39, 0.29) is 0 Å². The van der Waals surface area contributed by atoms with Crippen LogP contribution in [0.15, 0.2) is 18.2 Å². The number of hydrogen-bond acceptors (Lipinski definition) is 4. The van der Waals surface area contributed by atoms with Gasteiger partial charge in [0.1, 0.15) is 13.2 Å². The van der Waals surface area contributed by atoms with Gasteiger partial charge in [0.05, 0.1) is 0 Å². The maximum absolute atomic E-state index is 5.63. The van der Waals surface area contributed by atoms with Crippen molar-refractivity contribution in [3.63, 3.8) is 0 Å². The van der Waals surface area contributed by atoms with Crippen molar-refractivity contribution in [1.82, 2.24) is 10.6 Å². The normalized spacial score (nSPS) is 13.8. The van der Waals surface area contributed by atoms with Crippen LogP contribution in [0.5, 0.6) is 11.5 Å². The van der Waals surface area contributed by atoms with E-state index in [9.17, 15) is 0 Å². The first-order chi connectivity index (χ1) is 7.92. The van der Waals surface area contributed by atoms with Crippen molar-refractivity contribution in [3.05, 3.63) is 23.8 Å². The van der Waals surface area contributed by atoms with Gasteiger partial charge in [0.15, 0.2) is 11.5 Å². The fourth-order valence-electron chi connectivity index (χ4n) is 1.71. The summed E-state index contributed by atoms with van der Waals surface area (Å²) < 4.78 is 11.2. The zero-order valence-corrected chi connectivity index (χ0v) is 9.58. The van der Waals surface area contributed by atoms with E-state index in [4.69, 9.17) is 9.47 Å². The predicted molar refractivity (Wildman–Crippen MR) is 63.1 cm³/mol. The summed E-state index contributed by atoms with van der Waals surface area (Å²) in [7, 11) is 1.95. The van der Waals surface area contributed by atoms with Crippen LogP contribution in [0.25, 0.3) is 0 Å². The van der Waals surface area contributed by atoms with Gasteiger partial charge in [-0.05, 0) is 13.1 Å². The van der Waals surface area contributed by atoms with Gasteiger partial charge in [-0.15, -0.1) is 0 Å². The first kappa shape index (κ1) is 11.2. The van der Waals surface area contributed by atoms with Crippen LogP contribution in [-0.4, -0.2) is 33.4 Å². The first-order valence-corrected chi connectivity index (χ1v) is 5.64. The average molecular weight is 222 g/mol. The van der Waals surface area contributed by atoms with Gasteiger partial charge in [-0.25, -0.2) is 0 Å². The Morgan fingerprint density at radius 2 is 2.06 bits per heavy atom. The molecule has 0 saturated heterocycles. The molecule has 0 unspecified atom stereocenters. The monoisotopic (exact) mass is 222 g/mol. The summed E-state index contributed by atoms with van der Waals surface area (Å²) in [6.07, 6.45) is 0. The number of hydrogen-bond donors (Lipinski definition) is 2. The lowest BCUT2D eigenvalue weighted by molar-refractivity contribution is 0.169. The molecule has 0 aliphatic carbocycles. The van der Waals surface area contributed by atoms with E-state index in [1.807, 2.05) is 19.2 Å². The SMILES string of the molecule is CNCCNCc1cccc2c1OCCO2. The Labute approximate surface area is 95.9 Å². The molecule has 1 heterocycles. The fourth-order valence-corrected chi connectivity index (χ4v) is 1.71. The van der Waals surface area contributed by atoms with Crippen molar-refractivity contribution >= 4 is 0 Å². The molecule has 2 N–H and O–H groups in total. The number of fused-ring (bicyclic) bond motifs is 1. The topological polar surface area (TPSA) is 42.5 Å². The Bertz CT molecular complexity index is 342. The third kappa shape index (κ3) is 2.65. The quantitative estimate of drug-likeness (QED) is 0.722. The molecule has 1 aliphatic heterocycles. The summed E-state index contributed by atoms with van der Waals surface area (Å²) in [4.78, 5) is 0. The van der Waals surface area contributed by atoms with Crippen LogP contribution in [0.1, 0.15) is 5.56 Å². The molecule has 0 saturated carbocycles. The third-order valence-electron chi connectivity index (χ3n) is 2.51. The number of nitrogens with one attached hydrogen (secondary N) is 2. The molecule has 0 amide bonds. The van der Waals surface area contributed by atoms with Gasteiger partial charge in [0, 0.05) is 25.2 Å².